The molecule has 1 unspecified atom stereocenters. The SMILES string of the molecule is Nc1nccn2c(C3CCCN3)nc(-c3ccc(C(=O)Nc4cc(C(F)(F)F)ccn4)c(F)c3)c12. The number of carbonyl (C=O) groups excluding carboxylic acids is 1. The molecule has 3 aromatic heterocycles. The highest BCUT2D eigenvalue weighted by molar-refractivity contribution is 6.04. The zero-order valence-corrected chi connectivity index (χ0v) is 18.1. The fourth-order valence-corrected chi connectivity index (χ4v) is 4.14. The van der Waals surface area contributed by atoms with E-state index in [4.69, 9.17) is 10.7 Å². The smallest absolute Gasteiger partial charge is 0.382 e. The van der Waals surface area contributed by atoms with Crippen LogP contribution in [0.1, 0.15) is 40.6 Å². The molecular formula is C23H19F4N7O. The van der Waals surface area contributed by atoms with Gasteiger partial charge in [0.15, 0.2) is 0 Å². The third-order valence-electron chi connectivity index (χ3n) is 5.80. The number of benzene rings is 1. The van der Waals surface area contributed by atoms with Crippen LogP contribution >= 0.6 is 0 Å². The molecule has 1 aliphatic rings. The number of nitrogens with zero attached hydrogens (tertiary/aromatic N) is 4. The Labute approximate surface area is 196 Å². The minimum atomic E-state index is -4.60. The van der Waals surface area contributed by atoms with Crippen LogP contribution in [0.15, 0.2) is 48.9 Å². The average molecular weight is 485 g/mol. The number of hydrogen-bond donors (Lipinski definition) is 3. The number of pyridine rings is 1. The second-order valence-electron chi connectivity index (χ2n) is 8.07. The van der Waals surface area contributed by atoms with Crippen molar-refractivity contribution in [1.82, 2.24) is 24.7 Å². The molecule has 1 aliphatic heterocycles. The molecule has 1 aromatic carbocycles. The van der Waals surface area contributed by atoms with Crippen LogP contribution in [0, 0.1) is 5.82 Å². The van der Waals surface area contributed by atoms with Gasteiger partial charge < -0.3 is 16.4 Å². The second-order valence-corrected chi connectivity index (χ2v) is 8.07. The van der Waals surface area contributed by atoms with E-state index in [-0.39, 0.29) is 23.2 Å². The first-order chi connectivity index (χ1) is 16.7. The number of carbonyl (C=O) groups is 1. The highest BCUT2D eigenvalue weighted by atomic mass is 19.4. The molecule has 5 rings (SSSR count). The van der Waals surface area contributed by atoms with Crippen LogP contribution in [0.25, 0.3) is 16.8 Å². The van der Waals surface area contributed by atoms with Crippen molar-refractivity contribution in [1.29, 1.82) is 0 Å². The van der Waals surface area contributed by atoms with E-state index in [0.717, 1.165) is 43.5 Å². The molecule has 35 heavy (non-hydrogen) atoms. The topological polar surface area (TPSA) is 110 Å². The largest absolute Gasteiger partial charge is 0.416 e. The molecule has 8 nitrogen and oxygen atoms in total. The van der Waals surface area contributed by atoms with Crippen molar-refractivity contribution in [3.63, 3.8) is 0 Å². The minimum absolute atomic E-state index is 0.00732. The molecule has 1 saturated heterocycles. The molecule has 1 amide bonds. The number of anilines is 2. The molecule has 4 N–H and O–H groups in total. The van der Waals surface area contributed by atoms with Crippen molar-refractivity contribution in [2.24, 2.45) is 0 Å². The van der Waals surface area contributed by atoms with E-state index in [1.54, 1.807) is 12.4 Å². The lowest BCUT2D eigenvalue weighted by atomic mass is 10.1. The van der Waals surface area contributed by atoms with Crippen molar-refractivity contribution in [2.75, 3.05) is 17.6 Å². The molecule has 1 atom stereocenters. The first-order valence-electron chi connectivity index (χ1n) is 10.7. The van der Waals surface area contributed by atoms with Crippen LogP contribution in [0.2, 0.25) is 0 Å². The van der Waals surface area contributed by atoms with Crippen LogP contribution in [0.4, 0.5) is 29.2 Å². The molecular weight excluding hydrogens is 466 g/mol. The molecule has 12 heteroatoms. The Bertz CT molecular complexity index is 1430. The molecule has 0 saturated carbocycles. The van der Waals surface area contributed by atoms with Crippen LogP contribution in [-0.2, 0) is 6.18 Å². The van der Waals surface area contributed by atoms with E-state index in [1.807, 2.05) is 4.40 Å². The molecule has 0 bridgehead atoms. The summed E-state index contributed by atoms with van der Waals surface area (Å²) < 4.78 is 55.6. The summed E-state index contributed by atoms with van der Waals surface area (Å²) in [5.74, 6) is -1.22. The van der Waals surface area contributed by atoms with Gasteiger partial charge in [-0.25, -0.2) is 19.3 Å². The van der Waals surface area contributed by atoms with Gasteiger partial charge in [0.2, 0.25) is 0 Å². The summed E-state index contributed by atoms with van der Waals surface area (Å²) in [4.78, 5) is 25.1. The Morgan fingerprint density at radius 1 is 1.17 bits per heavy atom. The summed E-state index contributed by atoms with van der Waals surface area (Å²) in [6.45, 7) is 0.856. The summed E-state index contributed by atoms with van der Waals surface area (Å²) in [6.07, 6.45) is 1.48. The molecule has 1 fully saturated rings. The highest BCUT2D eigenvalue weighted by Gasteiger charge is 2.31. The van der Waals surface area contributed by atoms with E-state index in [0.29, 0.717) is 22.8 Å². The van der Waals surface area contributed by atoms with Gasteiger partial charge in [-0.1, -0.05) is 6.07 Å². The van der Waals surface area contributed by atoms with Crippen LogP contribution in [0.3, 0.4) is 0 Å². The average Bonchev–Trinajstić information content (AvgIpc) is 3.47. The van der Waals surface area contributed by atoms with Crippen molar-refractivity contribution in [3.05, 3.63) is 71.7 Å². The normalized spacial score (nSPS) is 16.1. The Morgan fingerprint density at radius 3 is 2.71 bits per heavy atom. The van der Waals surface area contributed by atoms with E-state index >= 15 is 4.39 Å². The molecule has 0 spiro atoms. The van der Waals surface area contributed by atoms with Gasteiger partial charge in [0, 0.05) is 24.2 Å². The zero-order valence-electron chi connectivity index (χ0n) is 18.1. The number of nitrogens with two attached hydrogens (primary N) is 1. The minimum Gasteiger partial charge on any atom is -0.382 e. The van der Waals surface area contributed by atoms with Gasteiger partial charge in [-0.05, 0) is 43.7 Å². The lowest BCUT2D eigenvalue weighted by Gasteiger charge is -2.10. The molecule has 4 aromatic rings. The van der Waals surface area contributed by atoms with E-state index in [2.05, 4.69) is 20.6 Å². The number of rotatable bonds is 4. The fraction of sp³-hybridized carbons (Fsp3) is 0.217. The van der Waals surface area contributed by atoms with Gasteiger partial charge in [-0.3, -0.25) is 9.20 Å². The number of nitrogen functional groups attached to an aromatic ring is 1. The third kappa shape index (κ3) is 4.28. The van der Waals surface area contributed by atoms with Crippen molar-refractivity contribution < 1.29 is 22.4 Å². The number of halogens is 4. The maximum Gasteiger partial charge on any atom is 0.416 e. The Kier molecular flexibility index (Phi) is 5.59. The Morgan fingerprint density at radius 2 is 2.00 bits per heavy atom. The lowest BCUT2D eigenvalue weighted by Crippen LogP contribution is -2.16. The number of nitrogens with one attached hydrogen (secondary N) is 2. The monoisotopic (exact) mass is 485 g/mol. The van der Waals surface area contributed by atoms with Gasteiger partial charge in [0.1, 0.15) is 34.5 Å². The van der Waals surface area contributed by atoms with E-state index in [9.17, 15) is 18.0 Å². The molecule has 4 heterocycles. The summed E-state index contributed by atoms with van der Waals surface area (Å²) in [5, 5.41) is 5.58. The zero-order chi connectivity index (χ0) is 24.7. The highest BCUT2D eigenvalue weighted by Crippen LogP contribution is 2.33. The molecule has 0 radical (unpaired) electrons. The molecule has 180 valence electrons. The van der Waals surface area contributed by atoms with E-state index < -0.39 is 23.5 Å². The standard InChI is InChI=1S/C23H19F4N7O/c24-15-10-12(3-4-14(15)22(35)32-17-11-13(5-7-30-17)23(25,26)27)18-19-20(28)31-8-9-34(19)21(33-18)16-2-1-6-29-16/h3-5,7-11,16,29H,1-2,6H2,(H2,28,31)(H,30,32,35). The number of aromatic nitrogens is 4. The molecule has 0 aliphatic carbocycles. The summed E-state index contributed by atoms with van der Waals surface area (Å²) in [5.41, 5.74) is 6.07. The Hall–Kier alpha value is -4.06. The van der Waals surface area contributed by atoms with E-state index in [1.165, 1.54) is 12.1 Å². The fourth-order valence-electron chi connectivity index (χ4n) is 4.14. The van der Waals surface area contributed by atoms with Gasteiger partial charge >= 0.3 is 6.18 Å². The number of amides is 1. The maximum absolute atomic E-state index is 15.0. The predicted molar refractivity (Wildman–Crippen MR) is 120 cm³/mol. The number of fused-ring (bicyclic) bond motifs is 1. The van der Waals surface area contributed by atoms with Crippen LogP contribution < -0.4 is 16.4 Å². The van der Waals surface area contributed by atoms with Crippen LogP contribution in [-0.4, -0.2) is 31.8 Å². The van der Waals surface area contributed by atoms with Crippen molar-refractivity contribution >= 4 is 23.1 Å². The van der Waals surface area contributed by atoms with Gasteiger partial charge in [-0.15, -0.1) is 0 Å². The first kappa shape index (κ1) is 22.7. The predicted octanol–water partition coefficient (Wildman–Crippen LogP) is 4.21. The summed E-state index contributed by atoms with van der Waals surface area (Å²) >= 11 is 0. The number of alkyl halides is 3. The maximum atomic E-state index is 15.0. The summed E-state index contributed by atoms with van der Waals surface area (Å²) in [6, 6.07) is 5.32. The lowest BCUT2D eigenvalue weighted by molar-refractivity contribution is -0.137. The third-order valence-corrected chi connectivity index (χ3v) is 5.80. The number of hydrogen-bond acceptors (Lipinski definition) is 6. The van der Waals surface area contributed by atoms with Gasteiger partial charge in [0.25, 0.3) is 5.91 Å². The van der Waals surface area contributed by atoms with Crippen molar-refractivity contribution in [2.45, 2.75) is 25.1 Å². The van der Waals surface area contributed by atoms with Crippen LogP contribution in [0.5, 0.6) is 0 Å². The second kappa shape index (κ2) is 8.62. The number of imidazole rings is 1. The van der Waals surface area contributed by atoms with Crippen molar-refractivity contribution in [3.8, 4) is 11.3 Å². The summed E-state index contributed by atoms with van der Waals surface area (Å²) in [7, 11) is 0. The first-order valence-corrected chi connectivity index (χ1v) is 10.7. The van der Waals surface area contributed by atoms with Gasteiger partial charge in [0.05, 0.1) is 17.2 Å². The quantitative estimate of drug-likeness (QED) is 0.374. The van der Waals surface area contributed by atoms with Gasteiger partial charge in [-0.2, -0.15) is 13.2 Å². The Balaban J connectivity index is 1.48.